The van der Waals surface area contributed by atoms with E-state index in [0.29, 0.717) is 50.0 Å². The Balaban J connectivity index is 1.52. The maximum Gasteiger partial charge on any atom is 0.254 e. The second kappa shape index (κ2) is 12.6. The highest BCUT2D eigenvalue weighted by Gasteiger charge is 2.31. The van der Waals surface area contributed by atoms with Crippen molar-refractivity contribution in [2.75, 3.05) is 37.7 Å². The summed E-state index contributed by atoms with van der Waals surface area (Å²) < 4.78 is 38.2. The number of hydrogen-bond acceptors (Lipinski definition) is 6. The standard InChI is InChI=1S/C28H34FN3O6S/c29-24-6-5-21-18-23(24)27(35)31-11-2-14-32(28(36)20-9-15-39(37,38)16-10-20)13-1-3-26(34)30-12-8-19-4-7-25(33)22(21)17-19/h4-7,17-18,20,33H,1-3,8-16H2,(H,30,34)(H,31,35). The zero-order valence-electron chi connectivity index (χ0n) is 21.7. The van der Waals surface area contributed by atoms with E-state index in [1.54, 1.807) is 17.0 Å². The normalized spacial score (nSPS) is 19.7. The van der Waals surface area contributed by atoms with Gasteiger partial charge < -0.3 is 20.6 Å². The molecule has 0 saturated carbocycles. The molecule has 2 aromatic carbocycles. The minimum Gasteiger partial charge on any atom is -0.507 e. The van der Waals surface area contributed by atoms with Gasteiger partial charge in [-0.15, -0.1) is 0 Å². The largest absolute Gasteiger partial charge is 0.507 e. The first-order valence-electron chi connectivity index (χ1n) is 13.3. The lowest BCUT2D eigenvalue weighted by Crippen LogP contribution is -2.42. The Morgan fingerprint density at radius 1 is 0.923 bits per heavy atom. The minimum atomic E-state index is -3.11. The molecule has 0 aromatic heterocycles. The first-order valence-corrected chi connectivity index (χ1v) is 15.1. The van der Waals surface area contributed by atoms with E-state index in [0.717, 1.165) is 5.56 Å². The van der Waals surface area contributed by atoms with Gasteiger partial charge in [-0.05, 0) is 67.5 Å². The number of amides is 3. The summed E-state index contributed by atoms with van der Waals surface area (Å²) in [6.07, 6.45) is 2.13. The molecule has 0 atom stereocenters. The molecule has 0 spiro atoms. The average Bonchev–Trinajstić information content (AvgIpc) is 2.90. The SMILES string of the molecule is O=C1CCCN(C(=O)C2CCS(=O)(=O)CC2)CCCNC(=O)c2cc(ccc2F)-c2cc(ccc2O)CCN1. The molecule has 4 rings (SSSR count). The van der Waals surface area contributed by atoms with Crippen molar-refractivity contribution in [2.24, 2.45) is 5.92 Å². The van der Waals surface area contributed by atoms with Gasteiger partial charge in [0.05, 0.1) is 17.1 Å². The fourth-order valence-electron chi connectivity index (χ4n) is 5.00. The summed E-state index contributed by atoms with van der Waals surface area (Å²) in [7, 11) is -3.11. The van der Waals surface area contributed by atoms with Crippen molar-refractivity contribution in [3.05, 3.63) is 53.3 Å². The number of aromatic hydroxyl groups is 1. The molecule has 3 amide bonds. The second-order valence-corrected chi connectivity index (χ2v) is 12.4. The van der Waals surface area contributed by atoms with Gasteiger partial charge >= 0.3 is 0 Å². The van der Waals surface area contributed by atoms with Crippen LogP contribution in [0.1, 0.15) is 48.0 Å². The van der Waals surface area contributed by atoms with Crippen LogP contribution in [0.3, 0.4) is 0 Å². The molecule has 0 aliphatic carbocycles. The number of sulfone groups is 1. The van der Waals surface area contributed by atoms with Crippen LogP contribution < -0.4 is 10.6 Å². The zero-order chi connectivity index (χ0) is 28.0. The Morgan fingerprint density at radius 3 is 2.44 bits per heavy atom. The van der Waals surface area contributed by atoms with E-state index in [4.69, 9.17) is 0 Å². The molecule has 0 radical (unpaired) electrons. The van der Waals surface area contributed by atoms with Crippen LogP contribution >= 0.6 is 0 Å². The van der Waals surface area contributed by atoms with Gasteiger partial charge in [0, 0.05) is 44.1 Å². The predicted molar refractivity (Wildman–Crippen MR) is 144 cm³/mol. The smallest absolute Gasteiger partial charge is 0.254 e. The van der Waals surface area contributed by atoms with Crippen LogP contribution in [-0.4, -0.2) is 73.8 Å². The number of rotatable bonds is 1. The number of phenolic OH excluding ortho intramolecular Hbond substituents is 1. The number of benzene rings is 2. The summed E-state index contributed by atoms with van der Waals surface area (Å²) in [5.74, 6) is -1.99. The fourth-order valence-corrected chi connectivity index (χ4v) is 6.49. The van der Waals surface area contributed by atoms with Gasteiger partial charge in [0.2, 0.25) is 11.8 Å². The van der Waals surface area contributed by atoms with Crippen molar-refractivity contribution in [3.63, 3.8) is 0 Å². The molecule has 4 bridgehead atoms. The Labute approximate surface area is 227 Å². The van der Waals surface area contributed by atoms with Crippen LogP contribution in [0.4, 0.5) is 4.39 Å². The van der Waals surface area contributed by atoms with Crippen LogP contribution in [0.15, 0.2) is 36.4 Å². The third-order valence-electron chi connectivity index (χ3n) is 7.26. The summed E-state index contributed by atoms with van der Waals surface area (Å²) in [6, 6.07) is 9.10. The number of carbonyl (C=O) groups excluding carboxylic acids is 3. The number of hydrogen-bond donors (Lipinski definition) is 3. The summed E-state index contributed by atoms with van der Waals surface area (Å²) >= 11 is 0. The highest BCUT2D eigenvalue weighted by molar-refractivity contribution is 7.91. The van der Waals surface area contributed by atoms with E-state index in [2.05, 4.69) is 10.6 Å². The molecule has 11 heteroatoms. The monoisotopic (exact) mass is 559 g/mol. The molecular formula is C28H34FN3O6S. The average molecular weight is 560 g/mol. The van der Waals surface area contributed by atoms with Gasteiger partial charge in [0.25, 0.3) is 5.91 Å². The Morgan fingerprint density at radius 2 is 1.67 bits per heavy atom. The Kier molecular flexibility index (Phi) is 9.21. The maximum atomic E-state index is 14.6. The number of fused-ring (bicyclic) bond motifs is 5. The predicted octanol–water partition coefficient (Wildman–Crippen LogP) is 2.42. The van der Waals surface area contributed by atoms with Gasteiger partial charge in [-0.1, -0.05) is 12.1 Å². The van der Waals surface area contributed by atoms with Crippen molar-refractivity contribution in [1.29, 1.82) is 0 Å². The van der Waals surface area contributed by atoms with E-state index in [-0.39, 0.29) is 66.4 Å². The third-order valence-corrected chi connectivity index (χ3v) is 8.97. The molecular weight excluding hydrogens is 525 g/mol. The van der Waals surface area contributed by atoms with Gasteiger partial charge in [0.1, 0.15) is 21.4 Å². The quantitative estimate of drug-likeness (QED) is 0.492. The summed E-state index contributed by atoms with van der Waals surface area (Å²) in [4.78, 5) is 40.1. The van der Waals surface area contributed by atoms with Gasteiger partial charge in [-0.25, -0.2) is 12.8 Å². The molecule has 0 unspecified atom stereocenters. The number of halogens is 1. The maximum absolute atomic E-state index is 14.6. The first-order chi connectivity index (χ1) is 18.6. The van der Waals surface area contributed by atoms with Crippen molar-refractivity contribution < 1.29 is 32.3 Å². The van der Waals surface area contributed by atoms with Crippen molar-refractivity contribution in [2.45, 2.75) is 38.5 Å². The molecule has 1 fully saturated rings. The third kappa shape index (κ3) is 7.56. The topological polar surface area (TPSA) is 133 Å². The van der Waals surface area contributed by atoms with Crippen LogP contribution in [-0.2, 0) is 25.8 Å². The second-order valence-electron chi connectivity index (χ2n) is 10.1. The minimum absolute atomic E-state index is 0.00744. The van der Waals surface area contributed by atoms with Crippen molar-refractivity contribution in [3.8, 4) is 16.9 Å². The van der Waals surface area contributed by atoms with Gasteiger partial charge in [-0.2, -0.15) is 0 Å². The number of carbonyl (C=O) groups is 3. The van der Waals surface area contributed by atoms with Crippen LogP contribution in [0, 0.1) is 11.7 Å². The van der Waals surface area contributed by atoms with E-state index in [9.17, 15) is 32.3 Å². The lowest BCUT2D eigenvalue weighted by atomic mass is 9.98. The van der Waals surface area contributed by atoms with E-state index in [1.165, 1.54) is 24.3 Å². The highest BCUT2D eigenvalue weighted by Crippen LogP contribution is 2.31. The Hall–Kier alpha value is -3.47. The Bertz CT molecular complexity index is 1330. The number of nitrogens with one attached hydrogen (secondary N) is 2. The van der Waals surface area contributed by atoms with Gasteiger partial charge in [-0.3, -0.25) is 14.4 Å². The molecule has 2 aromatic rings. The van der Waals surface area contributed by atoms with Gasteiger partial charge in [0.15, 0.2) is 0 Å². The first kappa shape index (κ1) is 28.5. The van der Waals surface area contributed by atoms with E-state index < -0.39 is 21.6 Å². The fraction of sp³-hybridized carbons (Fsp3) is 0.464. The number of phenols is 1. The van der Waals surface area contributed by atoms with Crippen LogP contribution in [0.25, 0.3) is 11.1 Å². The van der Waals surface area contributed by atoms with Crippen molar-refractivity contribution in [1.82, 2.24) is 15.5 Å². The van der Waals surface area contributed by atoms with Crippen LogP contribution in [0.5, 0.6) is 5.75 Å². The van der Waals surface area contributed by atoms with E-state index >= 15 is 0 Å². The van der Waals surface area contributed by atoms with Crippen LogP contribution in [0.2, 0.25) is 0 Å². The highest BCUT2D eigenvalue weighted by atomic mass is 32.2. The molecule has 3 N–H and O–H groups in total. The molecule has 210 valence electrons. The molecule has 2 aliphatic rings. The molecule has 9 nitrogen and oxygen atoms in total. The van der Waals surface area contributed by atoms with Crippen molar-refractivity contribution >= 4 is 27.6 Å². The summed E-state index contributed by atoms with van der Waals surface area (Å²) in [5.41, 5.74) is 1.63. The lowest BCUT2D eigenvalue weighted by molar-refractivity contribution is -0.136. The summed E-state index contributed by atoms with van der Waals surface area (Å²) in [6.45, 7) is 1.21. The number of nitrogens with zero attached hydrogens (tertiary/aromatic N) is 1. The summed E-state index contributed by atoms with van der Waals surface area (Å²) in [5, 5.41) is 16.0. The molecule has 39 heavy (non-hydrogen) atoms. The lowest BCUT2D eigenvalue weighted by Gasteiger charge is -2.29. The molecule has 2 heterocycles. The zero-order valence-corrected chi connectivity index (χ0v) is 22.6. The molecule has 1 saturated heterocycles. The molecule has 2 aliphatic heterocycles. The van der Waals surface area contributed by atoms with E-state index in [1.807, 2.05) is 0 Å².